The second-order valence-electron chi connectivity index (χ2n) is 7.75. The zero-order chi connectivity index (χ0) is 22.2. The lowest BCUT2D eigenvalue weighted by Crippen LogP contribution is -2.25. The summed E-state index contributed by atoms with van der Waals surface area (Å²) in [5.74, 6) is 5.63. The molecule has 31 heavy (non-hydrogen) atoms. The van der Waals surface area contributed by atoms with Gasteiger partial charge in [-0.3, -0.25) is 14.1 Å². The number of amidine groups is 1. The van der Waals surface area contributed by atoms with Crippen molar-refractivity contribution in [2.45, 2.75) is 59.0 Å². The third kappa shape index (κ3) is 5.23. The molecule has 164 valence electrons. The summed E-state index contributed by atoms with van der Waals surface area (Å²) in [6.45, 7) is 5.58. The Morgan fingerprint density at radius 1 is 1.10 bits per heavy atom. The molecule has 0 fully saturated rings. The fourth-order valence-electron chi connectivity index (χ4n) is 3.66. The molecule has 0 atom stereocenters. The van der Waals surface area contributed by atoms with Crippen LogP contribution in [0.25, 0.3) is 11.3 Å². The standard InChI is InChI=1S/C24H32N6O/c1-3-5-9-19-17-29(14-6-4-2)24(31)30(19)16-18-12-13-22(27-15-18)20-10-7-8-11-21(20)23(25)28-26/h7-8,10-13,15,17H,3-6,9,14,16,26H2,1-2H3,(H2,25,28). The SMILES string of the molecule is CCCCc1cn(CCCC)c(=O)n1Cc1ccc(-c2ccccc2/C(N)=N/N)nc1. The summed E-state index contributed by atoms with van der Waals surface area (Å²) in [5.41, 5.74) is 10.5. The largest absolute Gasteiger partial charge is 0.382 e. The molecule has 2 heterocycles. The first-order chi connectivity index (χ1) is 15.1. The number of pyridine rings is 1. The number of nitrogens with zero attached hydrogens (tertiary/aromatic N) is 4. The quantitative estimate of drug-likeness (QED) is 0.227. The zero-order valence-electron chi connectivity index (χ0n) is 18.4. The molecule has 0 radical (unpaired) electrons. The van der Waals surface area contributed by atoms with E-state index in [1.54, 1.807) is 0 Å². The second kappa shape index (κ2) is 10.6. The molecule has 0 spiro atoms. The fraction of sp³-hybridized carbons (Fsp3) is 0.375. The maximum absolute atomic E-state index is 13.0. The highest BCUT2D eigenvalue weighted by Gasteiger charge is 2.13. The zero-order valence-corrected chi connectivity index (χ0v) is 18.4. The van der Waals surface area contributed by atoms with E-state index in [-0.39, 0.29) is 11.5 Å². The van der Waals surface area contributed by atoms with Crippen molar-refractivity contribution in [3.05, 3.63) is 76.1 Å². The lowest BCUT2D eigenvalue weighted by Gasteiger charge is -2.10. The molecule has 0 aliphatic carbocycles. The van der Waals surface area contributed by atoms with E-state index in [2.05, 4.69) is 23.9 Å². The van der Waals surface area contributed by atoms with Crippen LogP contribution in [0.3, 0.4) is 0 Å². The van der Waals surface area contributed by atoms with Crippen molar-refractivity contribution in [3.8, 4) is 11.3 Å². The summed E-state index contributed by atoms with van der Waals surface area (Å²) >= 11 is 0. The monoisotopic (exact) mass is 420 g/mol. The van der Waals surface area contributed by atoms with Crippen LogP contribution in [-0.4, -0.2) is 20.0 Å². The van der Waals surface area contributed by atoms with E-state index in [1.807, 2.05) is 57.9 Å². The highest BCUT2D eigenvalue weighted by molar-refractivity contribution is 6.02. The summed E-state index contributed by atoms with van der Waals surface area (Å²) in [7, 11) is 0. The molecule has 7 nitrogen and oxygen atoms in total. The van der Waals surface area contributed by atoms with Crippen molar-refractivity contribution in [3.63, 3.8) is 0 Å². The van der Waals surface area contributed by atoms with Crippen LogP contribution >= 0.6 is 0 Å². The van der Waals surface area contributed by atoms with Crippen LogP contribution in [0.15, 0.2) is 58.7 Å². The van der Waals surface area contributed by atoms with Gasteiger partial charge >= 0.3 is 5.69 Å². The molecule has 3 rings (SSSR count). The topological polar surface area (TPSA) is 104 Å². The summed E-state index contributed by atoms with van der Waals surface area (Å²) in [6.07, 6.45) is 8.98. The molecule has 7 heteroatoms. The predicted octanol–water partition coefficient (Wildman–Crippen LogP) is 3.48. The Labute approximate surface area is 183 Å². The van der Waals surface area contributed by atoms with Gasteiger partial charge in [0.2, 0.25) is 0 Å². The van der Waals surface area contributed by atoms with E-state index in [1.165, 1.54) is 0 Å². The minimum atomic E-state index is 0.0564. The second-order valence-corrected chi connectivity index (χ2v) is 7.75. The van der Waals surface area contributed by atoms with E-state index >= 15 is 0 Å². The number of rotatable bonds is 10. The van der Waals surface area contributed by atoms with Crippen molar-refractivity contribution in [1.82, 2.24) is 14.1 Å². The molecule has 1 aromatic carbocycles. The molecule has 4 N–H and O–H groups in total. The normalized spacial score (nSPS) is 11.7. The van der Waals surface area contributed by atoms with Gasteiger partial charge in [-0.1, -0.05) is 57.0 Å². The van der Waals surface area contributed by atoms with Gasteiger partial charge in [-0.25, -0.2) is 4.79 Å². The van der Waals surface area contributed by atoms with E-state index < -0.39 is 0 Å². The van der Waals surface area contributed by atoms with Crippen LogP contribution in [0.4, 0.5) is 0 Å². The summed E-state index contributed by atoms with van der Waals surface area (Å²) in [5, 5.41) is 3.61. The van der Waals surface area contributed by atoms with Crippen molar-refractivity contribution < 1.29 is 0 Å². The molecule has 0 saturated carbocycles. The lowest BCUT2D eigenvalue weighted by atomic mass is 10.0. The molecule has 2 aromatic heterocycles. The molecule has 3 aromatic rings. The van der Waals surface area contributed by atoms with Crippen molar-refractivity contribution in [1.29, 1.82) is 0 Å². The fourth-order valence-corrected chi connectivity index (χ4v) is 3.66. The summed E-state index contributed by atoms with van der Waals surface area (Å²) in [4.78, 5) is 17.6. The van der Waals surface area contributed by atoms with Gasteiger partial charge in [0.05, 0.1) is 12.2 Å². The van der Waals surface area contributed by atoms with Crippen molar-refractivity contribution in [2.75, 3.05) is 0 Å². The van der Waals surface area contributed by atoms with Gasteiger partial charge in [0.1, 0.15) is 0 Å². The molecular weight excluding hydrogens is 388 g/mol. The lowest BCUT2D eigenvalue weighted by molar-refractivity contribution is 0.591. The average Bonchev–Trinajstić information content (AvgIpc) is 3.10. The number of hydrazone groups is 1. The third-order valence-corrected chi connectivity index (χ3v) is 5.45. The summed E-state index contributed by atoms with van der Waals surface area (Å²) in [6, 6.07) is 11.6. The van der Waals surface area contributed by atoms with Crippen LogP contribution in [0.2, 0.25) is 0 Å². The van der Waals surface area contributed by atoms with E-state index in [0.717, 1.165) is 66.7 Å². The Morgan fingerprint density at radius 2 is 1.87 bits per heavy atom. The maximum atomic E-state index is 13.0. The molecule has 0 bridgehead atoms. The Hall–Kier alpha value is -3.35. The van der Waals surface area contributed by atoms with Crippen LogP contribution < -0.4 is 17.3 Å². The minimum Gasteiger partial charge on any atom is -0.382 e. The predicted molar refractivity (Wildman–Crippen MR) is 126 cm³/mol. The average molecular weight is 421 g/mol. The van der Waals surface area contributed by atoms with Gasteiger partial charge in [-0.05, 0) is 30.9 Å². The molecule has 0 aliphatic heterocycles. The molecule has 0 saturated heterocycles. The Kier molecular flexibility index (Phi) is 7.65. The number of unbranched alkanes of at least 4 members (excludes halogenated alkanes) is 2. The van der Waals surface area contributed by atoms with Crippen molar-refractivity contribution in [2.24, 2.45) is 16.7 Å². The first-order valence-electron chi connectivity index (χ1n) is 11.0. The molecular formula is C24H32N6O. The number of nitrogens with two attached hydrogens (primary N) is 2. The van der Waals surface area contributed by atoms with Crippen LogP contribution in [0.5, 0.6) is 0 Å². The van der Waals surface area contributed by atoms with Crippen LogP contribution in [0.1, 0.15) is 56.4 Å². The van der Waals surface area contributed by atoms with Crippen LogP contribution in [0, 0.1) is 0 Å². The van der Waals surface area contributed by atoms with Gasteiger partial charge < -0.3 is 11.6 Å². The van der Waals surface area contributed by atoms with Crippen LogP contribution in [-0.2, 0) is 19.5 Å². The number of benzene rings is 1. The number of aromatic nitrogens is 3. The molecule has 0 aliphatic rings. The smallest absolute Gasteiger partial charge is 0.328 e. The molecule has 0 unspecified atom stereocenters. The Bertz CT molecular complexity index is 1080. The number of imidazole rings is 1. The van der Waals surface area contributed by atoms with E-state index in [9.17, 15) is 4.79 Å². The van der Waals surface area contributed by atoms with E-state index in [4.69, 9.17) is 11.6 Å². The first-order valence-corrected chi connectivity index (χ1v) is 11.0. The first kappa shape index (κ1) is 22.3. The molecule has 0 amide bonds. The van der Waals surface area contributed by atoms with Gasteiger partial charge in [-0.15, -0.1) is 0 Å². The summed E-state index contributed by atoms with van der Waals surface area (Å²) < 4.78 is 3.73. The van der Waals surface area contributed by atoms with Gasteiger partial charge in [0.15, 0.2) is 5.84 Å². The Balaban J connectivity index is 1.88. The Morgan fingerprint density at radius 3 is 2.55 bits per heavy atom. The van der Waals surface area contributed by atoms with Crippen molar-refractivity contribution >= 4 is 5.84 Å². The number of aryl methyl sites for hydroxylation is 2. The van der Waals surface area contributed by atoms with Gasteiger partial charge in [0, 0.05) is 35.8 Å². The maximum Gasteiger partial charge on any atom is 0.328 e. The van der Waals surface area contributed by atoms with Gasteiger partial charge in [-0.2, -0.15) is 5.10 Å². The van der Waals surface area contributed by atoms with Gasteiger partial charge in [0.25, 0.3) is 0 Å². The van der Waals surface area contributed by atoms with E-state index in [0.29, 0.717) is 6.54 Å². The number of hydrogen-bond acceptors (Lipinski definition) is 4. The third-order valence-electron chi connectivity index (χ3n) is 5.45. The highest BCUT2D eigenvalue weighted by Crippen LogP contribution is 2.22. The highest BCUT2D eigenvalue weighted by atomic mass is 16.1. The minimum absolute atomic E-state index is 0.0564. The number of hydrogen-bond donors (Lipinski definition) is 2.